The number of rotatable bonds is 6. The van der Waals surface area contributed by atoms with E-state index in [1.54, 1.807) is 23.1 Å². The van der Waals surface area contributed by atoms with Crippen molar-refractivity contribution in [2.75, 3.05) is 5.32 Å². The molecule has 0 saturated carbocycles. The van der Waals surface area contributed by atoms with Crippen LogP contribution >= 0.6 is 23.2 Å². The summed E-state index contributed by atoms with van der Waals surface area (Å²) in [5.74, 6) is -0.608. The van der Waals surface area contributed by atoms with Crippen LogP contribution in [0.5, 0.6) is 0 Å². The van der Waals surface area contributed by atoms with E-state index in [-0.39, 0.29) is 5.91 Å². The number of benzene rings is 1. The van der Waals surface area contributed by atoms with Crippen LogP contribution in [-0.2, 0) is 11.3 Å². The lowest BCUT2D eigenvalue weighted by Crippen LogP contribution is -2.25. The van der Waals surface area contributed by atoms with E-state index in [2.05, 4.69) is 15.5 Å². The summed E-state index contributed by atoms with van der Waals surface area (Å²) in [6.45, 7) is 2.25. The number of amides is 1. The minimum absolute atomic E-state index is 0.216. The topological polar surface area (TPSA) is 64.7 Å². The lowest BCUT2D eigenvalue weighted by molar-refractivity contribution is -0.119. The zero-order chi connectivity index (χ0) is 18.7. The number of carbonyl (C=O) groups is 1. The summed E-state index contributed by atoms with van der Waals surface area (Å²) >= 11 is 11.9. The summed E-state index contributed by atoms with van der Waals surface area (Å²) in [5, 5.41) is 11.9. The maximum atomic E-state index is 13.1. The monoisotopic (exact) mass is 395 g/mol. The Hall–Kier alpha value is -2.38. The van der Waals surface area contributed by atoms with Crippen molar-refractivity contribution in [3.63, 3.8) is 0 Å². The van der Waals surface area contributed by atoms with E-state index in [0.29, 0.717) is 28.7 Å². The number of aromatic nitrogens is 4. The molecule has 136 valence electrons. The van der Waals surface area contributed by atoms with Gasteiger partial charge in [-0.15, -0.1) is 0 Å². The largest absolute Gasteiger partial charge is 0.322 e. The Morgan fingerprint density at radius 1 is 1.27 bits per heavy atom. The molecule has 9 heteroatoms. The van der Waals surface area contributed by atoms with Gasteiger partial charge < -0.3 is 5.32 Å². The van der Waals surface area contributed by atoms with Crippen LogP contribution in [0.3, 0.4) is 0 Å². The van der Waals surface area contributed by atoms with Gasteiger partial charge in [0, 0.05) is 17.4 Å². The Bertz CT molecular complexity index is 924. The van der Waals surface area contributed by atoms with Gasteiger partial charge in [-0.3, -0.25) is 14.2 Å². The molecule has 0 radical (unpaired) electrons. The third kappa shape index (κ3) is 4.23. The van der Waals surface area contributed by atoms with Crippen molar-refractivity contribution in [2.45, 2.75) is 25.9 Å². The second-order valence-corrected chi connectivity index (χ2v) is 6.56. The summed E-state index contributed by atoms with van der Waals surface area (Å²) < 4.78 is 16.3. The maximum absolute atomic E-state index is 13.1. The first kappa shape index (κ1) is 18.4. The maximum Gasteiger partial charge on any atom is 0.249 e. The Labute approximate surface area is 159 Å². The Balaban J connectivity index is 1.68. The van der Waals surface area contributed by atoms with Crippen molar-refractivity contribution in [1.29, 1.82) is 0 Å². The van der Waals surface area contributed by atoms with Gasteiger partial charge in [-0.25, -0.2) is 4.39 Å². The highest BCUT2D eigenvalue weighted by Gasteiger charge is 2.20. The van der Waals surface area contributed by atoms with Gasteiger partial charge in [0.05, 0.1) is 29.6 Å². The van der Waals surface area contributed by atoms with Crippen LogP contribution in [-0.4, -0.2) is 25.5 Å². The SMILES string of the molecule is CCC(C(=O)Nc1cnn(Cc2ccc(F)cc2Cl)c1)n1cc(Cl)cn1. The summed E-state index contributed by atoms with van der Waals surface area (Å²) in [6, 6.07) is 3.72. The van der Waals surface area contributed by atoms with Crippen LogP contribution in [0.25, 0.3) is 0 Å². The van der Waals surface area contributed by atoms with Crippen molar-refractivity contribution in [3.05, 3.63) is 64.4 Å². The van der Waals surface area contributed by atoms with Crippen molar-refractivity contribution in [1.82, 2.24) is 19.6 Å². The molecule has 1 aromatic carbocycles. The number of hydrogen-bond acceptors (Lipinski definition) is 3. The van der Waals surface area contributed by atoms with Crippen molar-refractivity contribution in [2.24, 2.45) is 0 Å². The van der Waals surface area contributed by atoms with Gasteiger partial charge in [0.15, 0.2) is 0 Å². The average molecular weight is 396 g/mol. The number of hydrogen-bond donors (Lipinski definition) is 1. The van der Waals surface area contributed by atoms with Crippen LogP contribution in [0.1, 0.15) is 24.9 Å². The molecule has 3 aromatic rings. The van der Waals surface area contributed by atoms with E-state index in [1.165, 1.54) is 29.2 Å². The van der Waals surface area contributed by atoms with E-state index >= 15 is 0 Å². The van der Waals surface area contributed by atoms with Gasteiger partial charge in [-0.2, -0.15) is 10.2 Å². The molecule has 0 aliphatic rings. The molecule has 0 aliphatic heterocycles. The first-order chi connectivity index (χ1) is 12.5. The predicted octanol–water partition coefficient (Wildman–Crippen LogP) is 4.16. The van der Waals surface area contributed by atoms with Crippen molar-refractivity contribution < 1.29 is 9.18 Å². The summed E-state index contributed by atoms with van der Waals surface area (Å²) in [6.07, 6.45) is 6.87. The van der Waals surface area contributed by atoms with Gasteiger partial charge in [-0.1, -0.05) is 36.2 Å². The third-order valence-electron chi connectivity index (χ3n) is 3.83. The number of carbonyl (C=O) groups excluding carboxylic acids is 1. The van der Waals surface area contributed by atoms with Gasteiger partial charge in [-0.05, 0) is 24.1 Å². The molecule has 2 heterocycles. The van der Waals surface area contributed by atoms with Crippen LogP contribution in [0.4, 0.5) is 10.1 Å². The van der Waals surface area contributed by atoms with Gasteiger partial charge in [0.25, 0.3) is 0 Å². The van der Waals surface area contributed by atoms with Crippen molar-refractivity contribution >= 4 is 34.8 Å². The van der Waals surface area contributed by atoms with Gasteiger partial charge in [0.1, 0.15) is 11.9 Å². The predicted molar refractivity (Wildman–Crippen MR) is 97.9 cm³/mol. The first-order valence-electron chi connectivity index (χ1n) is 7.93. The van der Waals surface area contributed by atoms with Gasteiger partial charge >= 0.3 is 0 Å². The molecule has 3 rings (SSSR count). The Kier molecular flexibility index (Phi) is 5.58. The van der Waals surface area contributed by atoms with E-state index in [1.807, 2.05) is 6.92 Å². The lowest BCUT2D eigenvalue weighted by Gasteiger charge is -2.14. The Morgan fingerprint density at radius 2 is 2.08 bits per heavy atom. The standard InChI is InChI=1S/C17H16Cl2FN5O/c1-2-16(25-9-12(18)6-22-25)17(26)23-14-7-21-24(10-14)8-11-3-4-13(20)5-15(11)19/h3-7,9-10,16H,2,8H2,1H3,(H,23,26). The molecule has 26 heavy (non-hydrogen) atoms. The molecule has 6 nitrogen and oxygen atoms in total. The smallest absolute Gasteiger partial charge is 0.249 e. The van der Waals surface area contributed by atoms with E-state index in [9.17, 15) is 9.18 Å². The number of halogens is 3. The molecule has 1 unspecified atom stereocenters. The van der Waals surface area contributed by atoms with Crippen LogP contribution in [0.15, 0.2) is 43.0 Å². The number of anilines is 1. The van der Waals surface area contributed by atoms with E-state index in [0.717, 1.165) is 5.56 Å². The zero-order valence-corrected chi connectivity index (χ0v) is 15.4. The quantitative estimate of drug-likeness (QED) is 0.681. The fraction of sp³-hybridized carbons (Fsp3) is 0.235. The van der Waals surface area contributed by atoms with Crippen LogP contribution < -0.4 is 5.32 Å². The minimum atomic E-state index is -0.475. The van der Waals surface area contributed by atoms with Crippen LogP contribution in [0.2, 0.25) is 10.0 Å². The molecule has 0 fully saturated rings. The molecular formula is C17H16Cl2FN5O. The van der Waals surface area contributed by atoms with Crippen molar-refractivity contribution in [3.8, 4) is 0 Å². The number of nitrogens with one attached hydrogen (secondary N) is 1. The molecule has 1 atom stereocenters. The van der Waals surface area contributed by atoms with Crippen LogP contribution in [0, 0.1) is 5.82 Å². The summed E-state index contributed by atoms with van der Waals surface area (Å²) in [7, 11) is 0. The molecule has 0 spiro atoms. The molecule has 1 amide bonds. The highest BCUT2D eigenvalue weighted by molar-refractivity contribution is 6.31. The molecule has 0 bridgehead atoms. The number of nitrogens with zero attached hydrogens (tertiary/aromatic N) is 4. The third-order valence-corrected chi connectivity index (χ3v) is 4.37. The second kappa shape index (κ2) is 7.88. The fourth-order valence-corrected chi connectivity index (χ4v) is 2.91. The highest BCUT2D eigenvalue weighted by atomic mass is 35.5. The van der Waals surface area contributed by atoms with E-state index < -0.39 is 11.9 Å². The highest BCUT2D eigenvalue weighted by Crippen LogP contribution is 2.20. The fourth-order valence-electron chi connectivity index (χ4n) is 2.54. The molecule has 0 saturated heterocycles. The normalized spacial score (nSPS) is 12.2. The molecule has 0 aliphatic carbocycles. The van der Waals surface area contributed by atoms with E-state index in [4.69, 9.17) is 23.2 Å². The van der Waals surface area contributed by atoms with Gasteiger partial charge in [0.2, 0.25) is 5.91 Å². The molecule has 2 aromatic heterocycles. The Morgan fingerprint density at radius 3 is 2.73 bits per heavy atom. The molecular weight excluding hydrogens is 380 g/mol. The lowest BCUT2D eigenvalue weighted by atomic mass is 10.2. The summed E-state index contributed by atoms with van der Waals surface area (Å²) in [5.41, 5.74) is 1.27. The average Bonchev–Trinajstić information content (AvgIpc) is 3.20. The summed E-state index contributed by atoms with van der Waals surface area (Å²) in [4.78, 5) is 12.5. The first-order valence-corrected chi connectivity index (χ1v) is 8.68. The minimum Gasteiger partial charge on any atom is -0.322 e. The molecule has 1 N–H and O–H groups in total. The zero-order valence-electron chi connectivity index (χ0n) is 13.9. The second-order valence-electron chi connectivity index (χ2n) is 5.71.